The average Bonchev–Trinajstić information content (AvgIpc) is 2.76. The summed E-state index contributed by atoms with van der Waals surface area (Å²) in [5, 5.41) is 6.76. The van der Waals surface area contributed by atoms with Crippen LogP contribution in [0.4, 0.5) is 19.0 Å². The zero-order chi connectivity index (χ0) is 26.2. The lowest BCUT2D eigenvalue weighted by Gasteiger charge is -2.24. The zero-order valence-electron chi connectivity index (χ0n) is 20.3. The van der Waals surface area contributed by atoms with Crippen LogP contribution < -0.4 is 21.3 Å². The summed E-state index contributed by atoms with van der Waals surface area (Å²) in [6.45, 7) is 5.20. The minimum Gasteiger partial charge on any atom is -0.476 e. The van der Waals surface area contributed by atoms with Crippen molar-refractivity contribution in [3.05, 3.63) is 50.7 Å². The van der Waals surface area contributed by atoms with Gasteiger partial charge in [0.05, 0.1) is 6.61 Å². The van der Waals surface area contributed by atoms with Gasteiger partial charge in [-0.15, -0.1) is 5.10 Å². The maximum absolute atomic E-state index is 12.5. The number of carbonyl (C=O) groups excluding carboxylic acids is 1. The van der Waals surface area contributed by atoms with Gasteiger partial charge in [0.2, 0.25) is 5.82 Å². The first kappa shape index (κ1) is 27.9. The zero-order valence-corrected chi connectivity index (χ0v) is 20.3. The van der Waals surface area contributed by atoms with Crippen LogP contribution in [0.15, 0.2) is 33.9 Å². The van der Waals surface area contributed by atoms with Gasteiger partial charge < -0.3 is 14.8 Å². The quantitative estimate of drug-likeness (QED) is 0.353. The van der Waals surface area contributed by atoms with Gasteiger partial charge in [0.15, 0.2) is 5.60 Å². The number of ether oxygens (including phenoxy) is 2. The number of aryl methyl sites for hydroxylation is 2. The SMILES string of the molecule is CCOC(=O)C(C)(C)Oc1cccc(CCCNc2nn(C)c(=O)n(CCCC(F)(F)F)c2=O)c1. The van der Waals surface area contributed by atoms with Crippen molar-refractivity contribution >= 4 is 11.8 Å². The molecule has 1 heterocycles. The molecule has 9 nitrogen and oxygen atoms in total. The number of nitrogens with one attached hydrogen (secondary N) is 1. The summed E-state index contributed by atoms with van der Waals surface area (Å²) in [7, 11) is 1.33. The van der Waals surface area contributed by atoms with Crippen molar-refractivity contribution in [3.63, 3.8) is 0 Å². The molecular weight excluding hydrogens is 469 g/mol. The second kappa shape index (κ2) is 11.9. The highest BCUT2D eigenvalue weighted by Crippen LogP contribution is 2.22. The van der Waals surface area contributed by atoms with E-state index in [1.54, 1.807) is 39.0 Å². The fourth-order valence-electron chi connectivity index (χ4n) is 3.28. The maximum Gasteiger partial charge on any atom is 0.389 e. The molecule has 2 aromatic rings. The third-order valence-corrected chi connectivity index (χ3v) is 5.02. The summed E-state index contributed by atoms with van der Waals surface area (Å²) in [5.74, 6) is -0.0641. The maximum atomic E-state index is 12.5. The van der Waals surface area contributed by atoms with Gasteiger partial charge in [0, 0.05) is 26.6 Å². The standard InChI is InChI=1S/C23H31F3N4O5/c1-5-34-20(32)22(2,3)35-17-11-6-9-16(15-17)10-7-13-27-18-19(31)30(21(33)29(4)28-18)14-8-12-23(24,25)26/h6,9,11,15H,5,7-8,10,12-14H2,1-4H3,(H,27,28). The van der Waals surface area contributed by atoms with Gasteiger partial charge in [-0.05, 0) is 57.7 Å². The molecule has 0 atom stereocenters. The molecule has 0 spiro atoms. The van der Waals surface area contributed by atoms with Crippen LogP contribution in [0, 0.1) is 0 Å². The van der Waals surface area contributed by atoms with Crippen molar-refractivity contribution < 1.29 is 27.4 Å². The van der Waals surface area contributed by atoms with Gasteiger partial charge in [-0.3, -0.25) is 9.36 Å². The van der Waals surface area contributed by atoms with E-state index in [2.05, 4.69) is 10.4 Å². The summed E-state index contributed by atoms with van der Waals surface area (Å²) in [6.07, 6.45) is -4.64. The Morgan fingerprint density at radius 1 is 1.17 bits per heavy atom. The Kier molecular flexibility index (Phi) is 9.49. The lowest BCUT2D eigenvalue weighted by Crippen LogP contribution is -2.42. The van der Waals surface area contributed by atoms with Crippen LogP contribution in [0.1, 0.15) is 45.6 Å². The van der Waals surface area contributed by atoms with E-state index in [1.807, 2.05) is 6.07 Å². The van der Waals surface area contributed by atoms with Crippen LogP contribution in [0.25, 0.3) is 0 Å². The predicted molar refractivity (Wildman–Crippen MR) is 124 cm³/mol. The summed E-state index contributed by atoms with van der Waals surface area (Å²) in [4.78, 5) is 36.7. The van der Waals surface area contributed by atoms with Crippen molar-refractivity contribution in [2.75, 3.05) is 18.5 Å². The number of hydrogen-bond acceptors (Lipinski definition) is 7. The number of benzene rings is 1. The molecule has 0 saturated heterocycles. The van der Waals surface area contributed by atoms with Gasteiger partial charge in [0.25, 0.3) is 5.56 Å². The fraction of sp³-hybridized carbons (Fsp3) is 0.565. The van der Waals surface area contributed by atoms with Gasteiger partial charge in [0.1, 0.15) is 5.75 Å². The van der Waals surface area contributed by atoms with Crippen LogP contribution >= 0.6 is 0 Å². The lowest BCUT2D eigenvalue weighted by atomic mass is 10.1. The molecular formula is C23H31F3N4O5. The van der Waals surface area contributed by atoms with E-state index in [1.165, 1.54) is 7.05 Å². The fourth-order valence-corrected chi connectivity index (χ4v) is 3.28. The highest BCUT2D eigenvalue weighted by molar-refractivity contribution is 5.79. The van der Waals surface area contributed by atoms with Gasteiger partial charge in [-0.25, -0.2) is 14.3 Å². The molecule has 0 aliphatic carbocycles. The molecule has 1 aromatic carbocycles. The Hall–Kier alpha value is -3.31. The number of esters is 1. The molecule has 0 saturated carbocycles. The van der Waals surface area contributed by atoms with Gasteiger partial charge >= 0.3 is 17.8 Å². The highest BCUT2D eigenvalue weighted by atomic mass is 19.4. The number of rotatable bonds is 12. The second-order valence-corrected chi connectivity index (χ2v) is 8.44. The van der Waals surface area contributed by atoms with Crippen molar-refractivity contribution in [2.24, 2.45) is 7.05 Å². The molecule has 2 rings (SSSR count). The summed E-state index contributed by atoms with van der Waals surface area (Å²) in [6, 6.07) is 7.23. The largest absolute Gasteiger partial charge is 0.476 e. The van der Waals surface area contributed by atoms with Crippen LogP contribution in [-0.4, -0.2) is 45.2 Å². The molecule has 0 radical (unpaired) electrons. The molecule has 35 heavy (non-hydrogen) atoms. The van der Waals surface area contributed by atoms with Crippen molar-refractivity contribution in [3.8, 4) is 5.75 Å². The normalized spacial score (nSPS) is 11.9. The highest BCUT2D eigenvalue weighted by Gasteiger charge is 2.31. The van der Waals surface area contributed by atoms with Crippen molar-refractivity contribution in [2.45, 2.75) is 64.8 Å². The van der Waals surface area contributed by atoms with E-state index < -0.39 is 35.4 Å². The molecule has 1 N–H and O–H groups in total. The first-order valence-corrected chi connectivity index (χ1v) is 11.3. The Labute approximate surface area is 200 Å². The Bertz CT molecular complexity index is 1130. The van der Waals surface area contributed by atoms with E-state index >= 15 is 0 Å². The molecule has 0 fully saturated rings. The molecule has 0 amide bonds. The number of hydrogen-bond donors (Lipinski definition) is 1. The third kappa shape index (κ3) is 8.45. The van der Waals surface area contributed by atoms with E-state index in [4.69, 9.17) is 9.47 Å². The summed E-state index contributed by atoms with van der Waals surface area (Å²) in [5.41, 5.74) is -1.75. The van der Waals surface area contributed by atoms with E-state index in [0.717, 1.165) is 14.8 Å². The molecule has 0 bridgehead atoms. The topological polar surface area (TPSA) is 104 Å². The van der Waals surface area contributed by atoms with Crippen LogP contribution in [0.5, 0.6) is 5.75 Å². The van der Waals surface area contributed by atoms with Crippen LogP contribution in [-0.2, 0) is 29.5 Å². The van der Waals surface area contributed by atoms with E-state index in [9.17, 15) is 27.6 Å². The van der Waals surface area contributed by atoms with E-state index in [-0.39, 0.29) is 25.4 Å². The molecule has 1 aromatic heterocycles. The molecule has 0 aliphatic rings. The smallest absolute Gasteiger partial charge is 0.389 e. The lowest BCUT2D eigenvalue weighted by molar-refractivity contribution is -0.158. The Morgan fingerprint density at radius 3 is 2.54 bits per heavy atom. The summed E-state index contributed by atoms with van der Waals surface area (Å²) < 4.78 is 49.7. The van der Waals surface area contributed by atoms with Crippen molar-refractivity contribution in [1.82, 2.24) is 14.3 Å². The minimum absolute atomic E-state index is 0.104. The predicted octanol–water partition coefficient (Wildman–Crippen LogP) is 3.05. The third-order valence-electron chi connectivity index (χ3n) is 5.02. The first-order chi connectivity index (χ1) is 16.3. The Morgan fingerprint density at radius 2 is 1.89 bits per heavy atom. The summed E-state index contributed by atoms with van der Waals surface area (Å²) >= 11 is 0. The van der Waals surface area contributed by atoms with Gasteiger partial charge in [-0.1, -0.05) is 12.1 Å². The average molecular weight is 501 g/mol. The monoisotopic (exact) mass is 500 g/mol. The number of halogens is 3. The minimum atomic E-state index is -4.36. The number of alkyl halides is 3. The first-order valence-electron chi connectivity index (χ1n) is 11.3. The number of nitrogens with zero attached hydrogens (tertiary/aromatic N) is 3. The number of anilines is 1. The molecule has 12 heteroatoms. The van der Waals surface area contributed by atoms with Crippen LogP contribution in [0.2, 0.25) is 0 Å². The second-order valence-electron chi connectivity index (χ2n) is 8.44. The molecule has 194 valence electrons. The van der Waals surface area contributed by atoms with Crippen LogP contribution in [0.3, 0.4) is 0 Å². The molecule has 0 unspecified atom stereocenters. The molecule has 0 aliphatic heterocycles. The van der Waals surface area contributed by atoms with E-state index in [0.29, 0.717) is 25.1 Å². The Balaban J connectivity index is 1.97. The number of aromatic nitrogens is 3. The van der Waals surface area contributed by atoms with Gasteiger partial charge in [-0.2, -0.15) is 13.2 Å². The van der Waals surface area contributed by atoms with Crippen molar-refractivity contribution in [1.29, 1.82) is 0 Å². The number of carbonyl (C=O) groups is 1.